The summed E-state index contributed by atoms with van der Waals surface area (Å²) in [4.78, 5) is 41.7. The Bertz CT molecular complexity index is 1480. The number of carbonyl (C=O) groups excluding carboxylic acids is 2. The number of tetrazole rings is 1. The zero-order valence-electron chi connectivity index (χ0n) is 23.2. The first kappa shape index (κ1) is 28.1. The van der Waals surface area contributed by atoms with Gasteiger partial charge in [-0.25, -0.2) is 0 Å². The average Bonchev–Trinajstić information content (AvgIpc) is 3.55. The summed E-state index contributed by atoms with van der Waals surface area (Å²) in [7, 11) is 0. The number of likely N-dealkylation sites (tertiary alicyclic amines) is 1. The molecular formula is C31H34ClN6O4+. The summed E-state index contributed by atoms with van der Waals surface area (Å²) in [6.45, 7) is 0.460. The SMILES string of the molecule is O=C(NC12CCC(C(=O)O)(CC1)CC2)[C@@H]1[C@H](c2ccccc2)CCCN1C(=O)/C=C/c1cc(Cl)ccc1-[n+]1cnn[nH]1. The van der Waals surface area contributed by atoms with E-state index in [0.717, 1.165) is 24.1 Å². The second-order valence-electron chi connectivity index (χ2n) is 11.8. The van der Waals surface area contributed by atoms with Gasteiger partial charge in [0.1, 0.15) is 16.8 Å². The highest BCUT2D eigenvalue weighted by Gasteiger charge is 2.54. The number of aromatic nitrogens is 4. The first-order valence-corrected chi connectivity index (χ1v) is 14.8. The van der Waals surface area contributed by atoms with E-state index in [-0.39, 0.29) is 17.7 Å². The van der Waals surface area contributed by atoms with E-state index in [0.29, 0.717) is 55.7 Å². The third-order valence-corrected chi connectivity index (χ3v) is 9.77. The number of halogens is 1. The van der Waals surface area contributed by atoms with Crippen LogP contribution in [0.2, 0.25) is 5.02 Å². The number of carboxylic acid groups (broad SMARTS) is 1. The molecule has 3 aromatic rings. The molecule has 11 heteroatoms. The number of fused-ring (bicyclic) bond motifs is 3. The van der Waals surface area contributed by atoms with E-state index in [2.05, 4.69) is 20.8 Å². The Balaban J connectivity index is 1.28. The molecule has 0 spiro atoms. The number of nitrogens with zero attached hydrogens (tertiary/aromatic N) is 4. The quantitative estimate of drug-likeness (QED) is 0.284. The summed E-state index contributed by atoms with van der Waals surface area (Å²) in [6.07, 6.45) is 9.87. The third-order valence-electron chi connectivity index (χ3n) is 9.53. The normalized spacial score (nSPS) is 27.2. The Morgan fingerprint density at radius 1 is 1.07 bits per heavy atom. The molecule has 2 heterocycles. The second-order valence-corrected chi connectivity index (χ2v) is 12.3. The Hall–Kier alpha value is -4.05. The van der Waals surface area contributed by atoms with Crippen molar-refractivity contribution in [3.63, 3.8) is 0 Å². The van der Waals surface area contributed by atoms with Crippen molar-refractivity contribution < 1.29 is 24.2 Å². The van der Waals surface area contributed by atoms with Gasteiger partial charge in [-0.15, -0.1) is 4.68 Å². The number of amides is 2. The maximum atomic E-state index is 14.2. The zero-order chi connectivity index (χ0) is 29.3. The predicted octanol–water partition coefficient (Wildman–Crippen LogP) is 3.82. The Morgan fingerprint density at radius 3 is 2.48 bits per heavy atom. The van der Waals surface area contributed by atoms with Crippen molar-refractivity contribution in [2.75, 3.05) is 6.54 Å². The lowest BCUT2D eigenvalue weighted by Gasteiger charge is -2.52. The number of piperidine rings is 1. The van der Waals surface area contributed by atoms with Crippen molar-refractivity contribution in [1.82, 2.24) is 25.7 Å². The number of aliphatic carboxylic acids is 1. The molecule has 1 aliphatic heterocycles. The van der Waals surface area contributed by atoms with Crippen LogP contribution in [0.5, 0.6) is 0 Å². The largest absolute Gasteiger partial charge is 0.481 e. The molecule has 2 bridgehead atoms. The first-order chi connectivity index (χ1) is 20.3. The number of hydrogen-bond acceptors (Lipinski definition) is 5. The summed E-state index contributed by atoms with van der Waals surface area (Å²) in [5.41, 5.74) is 1.33. The molecule has 0 unspecified atom stereocenters. The van der Waals surface area contributed by atoms with E-state index in [9.17, 15) is 19.5 Å². The second kappa shape index (κ2) is 11.3. The molecular weight excluding hydrogens is 556 g/mol. The van der Waals surface area contributed by atoms with Gasteiger partial charge < -0.3 is 15.3 Å². The number of carbonyl (C=O) groups is 3. The Kier molecular flexibility index (Phi) is 7.57. The van der Waals surface area contributed by atoms with Gasteiger partial charge in [0.25, 0.3) is 6.33 Å². The van der Waals surface area contributed by atoms with Crippen LogP contribution < -0.4 is 10.00 Å². The molecule has 218 valence electrons. The van der Waals surface area contributed by atoms with Crippen LogP contribution in [-0.4, -0.2) is 61.4 Å². The fourth-order valence-electron chi connectivity index (χ4n) is 7.07. The smallest absolute Gasteiger partial charge is 0.309 e. The van der Waals surface area contributed by atoms with Gasteiger partial charge in [-0.3, -0.25) is 14.4 Å². The number of carboxylic acids is 1. The summed E-state index contributed by atoms with van der Waals surface area (Å²) in [6, 6.07) is 14.5. The van der Waals surface area contributed by atoms with Gasteiger partial charge >= 0.3 is 5.97 Å². The molecule has 42 heavy (non-hydrogen) atoms. The van der Waals surface area contributed by atoms with Crippen LogP contribution in [0.4, 0.5) is 0 Å². The van der Waals surface area contributed by atoms with Crippen LogP contribution in [0.3, 0.4) is 0 Å². The molecule has 7 rings (SSSR count). The van der Waals surface area contributed by atoms with Gasteiger partial charge in [0.2, 0.25) is 11.8 Å². The van der Waals surface area contributed by atoms with Crippen molar-refractivity contribution in [3.8, 4) is 5.69 Å². The highest BCUT2D eigenvalue weighted by Crippen LogP contribution is 2.52. The van der Waals surface area contributed by atoms with E-state index < -0.39 is 23.0 Å². The molecule has 2 amide bonds. The summed E-state index contributed by atoms with van der Waals surface area (Å²) >= 11 is 6.28. The number of H-pyrrole nitrogens is 1. The molecule has 3 saturated carbocycles. The topological polar surface area (TPSA) is 132 Å². The summed E-state index contributed by atoms with van der Waals surface area (Å²) < 4.78 is 1.62. The van der Waals surface area contributed by atoms with Crippen LogP contribution in [0.1, 0.15) is 68.4 Å². The van der Waals surface area contributed by atoms with Gasteiger partial charge in [0, 0.05) is 34.7 Å². The summed E-state index contributed by atoms with van der Waals surface area (Å²) in [5.74, 6) is -1.32. The maximum absolute atomic E-state index is 14.2. The standard InChI is InChI=1S/C31H33ClN6O4/c32-23-9-10-25(38-20-33-35-36-38)22(19-23)8-11-26(39)37-18-4-7-24(21-5-2-1-3-6-21)27(37)28(40)34-31-15-12-30(13-16-31,14-17-31)29(41)42/h1-3,5-6,8-11,19-20,24,27H,4,7,12-18H2,(H2,34,40,41,42)/p+1/b11-8+/t24-,27-,30?,31?/m0/s1. The van der Waals surface area contributed by atoms with E-state index in [1.807, 2.05) is 36.4 Å². The molecule has 0 radical (unpaired) electrons. The van der Waals surface area contributed by atoms with Crippen LogP contribution in [-0.2, 0) is 14.4 Å². The van der Waals surface area contributed by atoms with Gasteiger partial charge in [-0.05, 0) is 81.2 Å². The number of hydrogen-bond donors (Lipinski definition) is 3. The molecule has 3 N–H and O–H groups in total. The van der Waals surface area contributed by atoms with Gasteiger partial charge in [-0.1, -0.05) is 47.1 Å². The molecule has 4 fully saturated rings. The van der Waals surface area contributed by atoms with E-state index >= 15 is 0 Å². The number of rotatable bonds is 7. The molecule has 10 nitrogen and oxygen atoms in total. The Labute approximate surface area is 248 Å². The lowest BCUT2D eigenvalue weighted by atomic mass is 9.57. The molecule has 2 aromatic carbocycles. The number of benzene rings is 2. The lowest BCUT2D eigenvalue weighted by molar-refractivity contribution is -0.660. The summed E-state index contributed by atoms with van der Waals surface area (Å²) in [5, 5.41) is 24.0. The van der Waals surface area contributed by atoms with Crippen molar-refractivity contribution >= 4 is 35.5 Å². The third kappa shape index (κ3) is 5.31. The molecule has 1 aromatic heterocycles. The number of aromatic amines is 1. The predicted molar refractivity (Wildman–Crippen MR) is 155 cm³/mol. The van der Waals surface area contributed by atoms with Gasteiger partial charge in [0.15, 0.2) is 5.21 Å². The van der Waals surface area contributed by atoms with Gasteiger partial charge in [0.05, 0.1) is 5.41 Å². The number of nitrogens with one attached hydrogen (secondary N) is 2. The minimum atomic E-state index is -0.729. The zero-order valence-corrected chi connectivity index (χ0v) is 24.0. The van der Waals surface area contributed by atoms with Crippen LogP contribution in [0.25, 0.3) is 11.8 Å². The van der Waals surface area contributed by atoms with Crippen molar-refractivity contribution in [2.24, 2.45) is 5.41 Å². The van der Waals surface area contributed by atoms with Crippen LogP contribution in [0.15, 0.2) is 60.9 Å². The highest BCUT2D eigenvalue weighted by atomic mass is 35.5. The lowest BCUT2D eigenvalue weighted by Crippen LogP contribution is -2.63. The monoisotopic (exact) mass is 589 g/mol. The van der Waals surface area contributed by atoms with E-state index in [1.54, 1.807) is 27.8 Å². The molecule has 2 atom stereocenters. The minimum Gasteiger partial charge on any atom is -0.481 e. The van der Waals surface area contributed by atoms with E-state index in [1.165, 1.54) is 12.4 Å². The Morgan fingerprint density at radius 2 is 1.81 bits per heavy atom. The maximum Gasteiger partial charge on any atom is 0.309 e. The van der Waals surface area contributed by atoms with Crippen molar-refractivity contribution in [2.45, 2.75) is 68.9 Å². The first-order valence-electron chi connectivity index (χ1n) is 14.5. The minimum absolute atomic E-state index is 0.160. The van der Waals surface area contributed by atoms with Crippen molar-refractivity contribution in [3.05, 3.63) is 77.1 Å². The van der Waals surface area contributed by atoms with Crippen molar-refractivity contribution in [1.29, 1.82) is 0 Å². The van der Waals surface area contributed by atoms with Gasteiger partial charge in [-0.2, -0.15) is 0 Å². The average molecular weight is 590 g/mol. The molecule has 4 aliphatic rings. The van der Waals surface area contributed by atoms with Crippen LogP contribution >= 0.6 is 11.6 Å². The highest BCUT2D eigenvalue weighted by molar-refractivity contribution is 6.30. The molecule has 1 saturated heterocycles. The fraction of sp³-hybridized carbons (Fsp3) is 0.419. The van der Waals surface area contributed by atoms with Crippen LogP contribution in [0, 0.1) is 5.41 Å². The fourth-order valence-corrected chi connectivity index (χ4v) is 7.25. The molecule has 3 aliphatic carbocycles. The van der Waals surface area contributed by atoms with E-state index in [4.69, 9.17) is 11.6 Å².